The van der Waals surface area contributed by atoms with E-state index in [1.807, 2.05) is 0 Å². The van der Waals surface area contributed by atoms with E-state index in [9.17, 15) is 14.5 Å². The van der Waals surface area contributed by atoms with Crippen LogP contribution in [0.15, 0.2) is 36.4 Å². The Labute approximate surface area is 138 Å². The maximum Gasteiger partial charge on any atom is 0.312 e. The highest BCUT2D eigenvalue weighted by atomic mass is 35.5. The second-order valence-electron chi connectivity index (χ2n) is 4.93. The van der Waals surface area contributed by atoms with Crippen molar-refractivity contribution in [3.8, 4) is 5.75 Å². The van der Waals surface area contributed by atoms with Gasteiger partial charge in [0.05, 0.1) is 17.1 Å². The molecule has 2 rings (SSSR count). The number of ether oxygens (including phenoxy) is 1. The van der Waals surface area contributed by atoms with E-state index in [0.717, 1.165) is 11.1 Å². The van der Waals surface area contributed by atoms with Crippen LogP contribution in [0.25, 0.3) is 0 Å². The molecular formula is C16H16ClFN2O3. The Morgan fingerprint density at radius 3 is 2.61 bits per heavy atom. The molecule has 0 aliphatic rings. The average Bonchev–Trinajstić information content (AvgIpc) is 2.54. The van der Waals surface area contributed by atoms with Crippen molar-refractivity contribution in [3.63, 3.8) is 0 Å². The molecule has 0 bridgehead atoms. The first-order valence-electron chi connectivity index (χ1n) is 6.97. The number of halogens is 2. The van der Waals surface area contributed by atoms with Gasteiger partial charge >= 0.3 is 5.69 Å². The van der Waals surface area contributed by atoms with Crippen LogP contribution < -0.4 is 10.1 Å². The summed E-state index contributed by atoms with van der Waals surface area (Å²) in [7, 11) is 1.38. The zero-order chi connectivity index (χ0) is 16.8. The van der Waals surface area contributed by atoms with Gasteiger partial charge in [-0.25, -0.2) is 4.39 Å². The highest BCUT2D eigenvalue weighted by Crippen LogP contribution is 2.33. The highest BCUT2D eigenvalue weighted by Gasteiger charge is 2.17. The first-order chi connectivity index (χ1) is 11.0. The molecule has 0 spiro atoms. The van der Waals surface area contributed by atoms with Crippen LogP contribution in [0.5, 0.6) is 5.75 Å². The normalized spacial score (nSPS) is 10.6. The summed E-state index contributed by atoms with van der Waals surface area (Å²) in [6.07, 6.45) is 0.592. The SMILES string of the molecule is COc1cc(CCNCc2ccc(F)cc2)c(Cl)cc1[N+](=O)[O-]. The Morgan fingerprint density at radius 1 is 1.30 bits per heavy atom. The molecule has 23 heavy (non-hydrogen) atoms. The molecule has 122 valence electrons. The van der Waals surface area contributed by atoms with E-state index >= 15 is 0 Å². The predicted octanol–water partition coefficient (Wildman–Crippen LogP) is 3.73. The standard InChI is InChI=1S/C16H16ClFN2O3/c1-23-16-8-12(14(17)9-15(16)20(21)22)6-7-19-10-11-2-4-13(18)5-3-11/h2-5,8-9,19H,6-7,10H2,1H3. The van der Waals surface area contributed by atoms with Crippen LogP contribution in [0.4, 0.5) is 10.1 Å². The van der Waals surface area contributed by atoms with E-state index in [2.05, 4.69) is 5.32 Å². The van der Waals surface area contributed by atoms with Crippen molar-refractivity contribution < 1.29 is 14.1 Å². The summed E-state index contributed by atoms with van der Waals surface area (Å²) in [5, 5.41) is 14.5. The summed E-state index contributed by atoms with van der Waals surface area (Å²) in [4.78, 5) is 10.4. The number of benzene rings is 2. The van der Waals surface area contributed by atoms with Gasteiger partial charge in [0.15, 0.2) is 5.75 Å². The third kappa shape index (κ3) is 4.64. The van der Waals surface area contributed by atoms with Gasteiger partial charge in [0.25, 0.3) is 0 Å². The van der Waals surface area contributed by atoms with Gasteiger partial charge in [0.1, 0.15) is 5.82 Å². The van der Waals surface area contributed by atoms with Gasteiger partial charge in [-0.05, 0) is 42.3 Å². The zero-order valence-corrected chi connectivity index (χ0v) is 13.3. The second kappa shape index (κ2) is 7.89. The number of hydrogen-bond donors (Lipinski definition) is 1. The van der Waals surface area contributed by atoms with E-state index in [0.29, 0.717) is 24.5 Å². The molecule has 0 saturated carbocycles. The molecule has 1 N–H and O–H groups in total. The monoisotopic (exact) mass is 338 g/mol. The smallest absolute Gasteiger partial charge is 0.312 e. The van der Waals surface area contributed by atoms with Gasteiger partial charge in [-0.15, -0.1) is 0 Å². The van der Waals surface area contributed by atoms with Crippen molar-refractivity contribution in [1.29, 1.82) is 0 Å². The van der Waals surface area contributed by atoms with Crippen molar-refractivity contribution >= 4 is 17.3 Å². The first kappa shape index (κ1) is 17.2. The minimum Gasteiger partial charge on any atom is -0.490 e. The number of nitrogens with one attached hydrogen (secondary N) is 1. The lowest BCUT2D eigenvalue weighted by molar-refractivity contribution is -0.385. The first-order valence-corrected chi connectivity index (χ1v) is 7.35. The Balaban J connectivity index is 1.95. The molecule has 0 fully saturated rings. The molecule has 0 saturated heterocycles. The molecule has 0 unspecified atom stereocenters. The lowest BCUT2D eigenvalue weighted by atomic mass is 10.1. The molecule has 0 aliphatic heterocycles. The fourth-order valence-electron chi connectivity index (χ4n) is 2.14. The van der Waals surface area contributed by atoms with E-state index in [-0.39, 0.29) is 17.3 Å². The van der Waals surface area contributed by atoms with Gasteiger partial charge < -0.3 is 10.1 Å². The van der Waals surface area contributed by atoms with Crippen molar-refractivity contribution in [2.75, 3.05) is 13.7 Å². The molecule has 2 aromatic carbocycles. The molecule has 0 aliphatic carbocycles. The van der Waals surface area contributed by atoms with Crippen LogP contribution >= 0.6 is 11.6 Å². The topological polar surface area (TPSA) is 64.4 Å². The molecule has 0 heterocycles. The minimum absolute atomic E-state index is 0.152. The van der Waals surface area contributed by atoms with Gasteiger partial charge in [0, 0.05) is 12.6 Å². The van der Waals surface area contributed by atoms with Crippen LogP contribution in [0, 0.1) is 15.9 Å². The lowest BCUT2D eigenvalue weighted by Gasteiger charge is -2.09. The van der Waals surface area contributed by atoms with Crippen molar-refractivity contribution in [2.45, 2.75) is 13.0 Å². The zero-order valence-electron chi connectivity index (χ0n) is 12.5. The Bertz CT molecular complexity index is 692. The summed E-state index contributed by atoms with van der Waals surface area (Å²) in [6, 6.07) is 9.13. The van der Waals surface area contributed by atoms with Crippen LogP contribution in [0.1, 0.15) is 11.1 Å². The number of methoxy groups -OCH3 is 1. The Kier molecular flexibility index (Phi) is 5.90. The second-order valence-corrected chi connectivity index (χ2v) is 5.33. The Hall–Kier alpha value is -2.18. The third-order valence-corrected chi connectivity index (χ3v) is 3.71. The molecular weight excluding hydrogens is 323 g/mol. The van der Waals surface area contributed by atoms with Crippen LogP contribution in [0.3, 0.4) is 0 Å². The van der Waals surface area contributed by atoms with Crippen LogP contribution in [-0.2, 0) is 13.0 Å². The maximum atomic E-state index is 12.8. The van der Waals surface area contributed by atoms with Gasteiger partial charge in [0.2, 0.25) is 0 Å². The molecule has 0 atom stereocenters. The van der Waals surface area contributed by atoms with Crippen molar-refractivity contribution in [1.82, 2.24) is 5.32 Å². The number of nitrogens with zero attached hydrogens (tertiary/aromatic N) is 1. The molecule has 0 radical (unpaired) electrons. The molecule has 5 nitrogen and oxygen atoms in total. The minimum atomic E-state index is -0.527. The summed E-state index contributed by atoms with van der Waals surface area (Å²) in [5.74, 6) is -0.0774. The van der Waals surface area contributed by atoms with E-state index in [1.54, 1.807) is 18.2 Å². The van der Waals surface area contributed by atoms with Crippen molar-refractivity contribution in [2.24, 2.45) is 0 Å². The average molecular weight is 339 g/mol. The van der Waals surface area contributed by atoms with E-state index in [1.165, 1.54) is 25.3 Å². The number of nitro groups is 1. The van der Waals surface area contributed by atoms with Gasteiger partial charge in [-0.2, -0.15) is 0 Å². The molecule has 0 amide bonds. The summed E-state index contributed by atoms with van der Waals surface area (Å²) < 4.78 is 17.8. The summed E-state index contributed by atoms with van der Waals surface area (Å²) in [5.41, 5.74) is 1.58. The molecule has 0 aromatic heterocycles. The van der Waals surface area contributed by atoms with Crippen molar-refractivity contribution in [3.05, 3.63) is 68.5 Å². The largest absolute Gasteiger partial charge is 0.490 e. The van der Waals surface area contributed by atoms with Gasteiger partial charge in [-0.3, -0.25) is 10.1 Å². The van der Waals surface area contributed by atoms with E-state index < -0.39 is 4.92 Å². The fourth-order valence-corrected chi connectivity index (χ4v) is 2.39. The highest BCUT2D eigenvalue weighted by molar-refractivity contribution is 6.31. The van der Waals surface area contributed by atoms with E-state index in [4.69, 9.17) is 16.3 Å². The summed E-state index contributed by atoms with van der Waals surface area (Å²) >= 11 is 6.09. The fraction of sp³-hybridized carbons (Fsp3) is 0.250. The summed E-state index contributed by atoms with van der Waals surface area (Å²) in [6.45, 7) is 1.22. The maximum absolute atomic E-state index is 12.8. The van der Waals surface area contributed by atoms with Crippen LogP contribution in [-0.4, -0.2) is 18.6 Å². The number of hydrogen-bond acceptors (Lipinski definition) is 4. The third-order valence-electron chi connectivity index (χ3n) is 3.36. The van der Waals surface area contributed by atoms with Gasteiger partial charge in [-0.1, -0.05) is 23.7 Å². The quantitative estimate of drug-likeness (QED) is 0.474. The number of rotatable bonds is 7. The Morgan fingerprint density at radius 2 is 2.00 bits per heavy atom. The molecule has 7 heteroatoms. The molecule has 2 aromatic rings. The lowest BCUT2D eigenvalue weighted by Crippen LogP contribution is -2.16. The predicted molar refractivity (Wildman–Crippen MR) is 86.5 cm³/mol. The number of nitro benzene ring substituents is 1. The van der Waals surface area contributed by atoms with Crippen LogP contribution in [0.2, 0.25) is 5.02 Å².